The van der Waals surface area contributed by atoms with Crippen LogP contribution in [0.25, 0.3) is 22.3 Å². The second kappa shape index (κ2) is 12.0. The summed E-state index contributed by atoms with van der Waals surface area (Å²) in [5.41, 5.74) is 5.70. The van der Waals surface area contributed by atoms with Gasteiger partial charge in [0.05, 0.1) is 25.9 Å². The molecule has 0 amide bonds. The van der Waals surface area contributed by atoms with Crippen LogP contribution in [0.2, 0.25) is 0 Å². The molecule has 0 aliphatic carbocycles. The topological polar surface area (TPSA) is 293 Å². The lowest BCUT2D eigenvalue weighted by Gasteiger charge is -2.26. The number of fused-ring (bicyclic) bond motifs is 5. The highest BCUT2D eigenvalue weighted by molar-refractivity contribution is 7.47. The van der Waals surface area contributed by atoms with E-state index in [1.807, 2.05) is 0 Å². The van der Waals surface area contributed by atoms with Gasteiger partial charge in [-0.1, -0.05) is 0 Å². The Bertz CT molecular complexity index is 1970. The van der Waals surface area contributed by atoms with Crippen molar-refractivity contribution in [3.8, 4) is 0 Å². The van der Waals surface area contributed by atoms with Crippen molar-refractivity contribution in [1.82, 2.24) is 39.0 Å². The Morgan fingerprint density at radius 1 is 0.957 bits per heavy atom. The number of phosphoric ester groups is 2. The van der Waals surface area contributed by atoms with Crippen LogP contribution in [0.3, 0.4) is 0 Å². The molecule has 4 aromatic heterocycles. The number of nitrogens with one attached hydrogen (secondary N) is 1. The summed E-state index contributed by atoms with van der Waals surface area (Å²) in [4.78, 5) is 57.2. The minimum absolute atomic E-state index is 0.0472. The third-order valence-corrected chi connectivity index (χ3v) is 9.72. The van der Waals surface area contributed by atoms with Crippen molar-refractivity contribution >= 4 is 43.8 Å². The number of H-pyrrole nitrogens is 1. The number of ether oxygens (including phenoxy) is 3. The number of nitrogen functional groups attached to an aromatic ring is 1. The van der Waals surface area contributed by atoms with E-state index in [9.17, 15) is 28.8 Å². The van der Waals surface area contributed by atoms with Crippen molar-refractivity contribution in [3.05, 3.63) is 35.2 Å². The molecule has 7 heterocycles. The monoisotopic (exact) mass is 701 g/mol. The van der Waals surface area contributed by atoms with Gasteiger partial charge in [-0.15, -0.1) is 0 Å². The molecular weight excluding hydrogens is 672 g/mol. The van der Waals surface area contributed by atoms with Crippen molar-refractivity contribution < 1.29 is 56.3 Å². The fourth-order valence-corrected chi connectivity index (χ4v) is 7.66. The van der Waals surface area contributed by atoms with Crippen LogP contribution in [0.4, 0.5) is 5.82 Å². The number of hydrogen-bond donors (Lipinski definition) is 5. The number of nitrogens with two attached hydrogens (primary N) is 1. The van der Waals surface area contributed by atoms with E-state index in [-0.39, 0.29) is 40.6 Å². The number of phosphoric acid groups is 2. The number of aromatic nitrogens is 8. The van der Waals surface area contributed by atoms with Crippen LogP contribution >= 0.6 is 15.6 Å². The van der Waals surface area contributed by atoms with Crippen LogP contribution in [0.15, 0.2) is 23.8 Å². The first-order valence-electron chi connectivity index (χ1n) is 14.1. The van der Waals surface area contributed by atoms with Gasteiger partial charge in [-0.2, -0.15) is 0 Å². The molecular formula is C23H29N9O13P2. The standard InChI is InChI=1S/C23H29N9O13P2/c1-3-39-16-11-5-41-46(35,36)44-15-10(42-22(14(15)33)31-7-27-12-18(24)25-6-26-19(12)31)4-40-47(37,38)45-17(16)23(43-11)32-8-28-13-20(32)29-9(2)30-21(13)34/h6-8,10-11,14-17,22-23,33H,3-5H2,1-2H3,(H,35,36)(H,37,38)(H2,24,25,26)(H,29,30,34)/t10-,11-,14+,15?,16?,17+,22-,23-/m1/s1. The Morgan fingerprint density at radius 2 is 1.60 bits per heavy atom. The lowest BCUT2D eigenvalue weighted by Crippen LogP contribution is -2.38. The number of anilines is 1. The zero-order chi connectivity index (χ0) is 33.2. The molecule has 22 nitrogen and oxygen atoms in total. The molecule has 0 aromatic carbocycles. The number of rotatable bonds is 4. The second-order valence-electron chi connectivity index (χ2n) is 10.8. The number of aliphatic hydroxyl groups excluding tert-OH is 1. The highest BCUT2D eigenvalue weighted by Crippen LogP contribution is 2.54. The highest BCUT2D eigenvalue weighted by Gasteiger charge is 2.54. The molecule has 4 unspecified atom stereocenters. The maximum atomic E-state index is 13.5. The number of imidazole rings is 2. The predicted molar refractivity (Wildman–Crippen MR) is 153 cm³/mol. The van der Waals surface area contributed by atoms with Gasteiger partial charge in [-0.05, 0) is 13.8 Å². The first-order chi connectivity index (χ1) is 22.4. The van der Waals surface area contributed by atoms with Crippen LogP contribution in [0.1, 0.15) is 25.2 Å². The summed E-state index contributed by atoms with van der Waals surface area (Å²) in [6.45, 7) is 1.83. The SMILES string of the molecule is CCOC1[C@H]2COP(=O)(O)OC3[C@@H](COP(=O)(O)O[C@@H]1[C@H](n1cnc4c(=O)[nH]c(C)nc41)O2)O[C@@H](n1cnc2c(N)ncnc21)[C@H]3O. The molecule has 0 radical (unpaired) electrons. The maximum Gasteiger partial charge on any atom is 0.472 e. The minimum atomic E-state index is -5.03. The van der Waals surface area contributed by atoms with Crippen molar-refractivity contribution in [2.75, 3.05) is 25.6 Å². The highest BCUT2D eigenvalue weighted by atomic mass is 31.2. The maximum absolute atomic E-state index is 13.5. The molecule has 3 aliphatic heterocycles. The number of aromatic amines is 1. The summed E-state index contributed by atoms with van der Waals surface area (Å²) in [6, 6.07) is 0. The van der Waals surface area contributed by atoms with Gasteiger partial charge in [0, 0.05) is 6.61 Å². The van der Waals surface area contributed by atoms with Crippen LogP contribution in [0, 0.1) is 6.92 Å². The smallest absolute Gasteiger partial charge is 0.386 e. The molecule has 3 fully saturated rings. The summed E-state index contributed by atoms with van der Waals surface area (Å²) in [5.74, 6) is 0.306. The first-order valence-corrected chi connectivity index (χ1v) is 17.1. The van der Waals surface area contributed by atoms with Crippen molar-refractivity contribution in [2.45, 2.75) is 62.9 Å². The number of aliphatic hydroxyl groups is 1. The lowest BCUT2D eigenvalue weighted by molar-refractivity contribution is -0.0677. The summed E-state index contributed by atoms with van der Waals surface area (Å²) >= 11 is 0. The molecule has 47 heavy (non-hydrogen) atoms. The zero-order valence-corrected chi connectivity index (χ0v) is 26.3. The Morgan fingerprint density at radius 3 is 2.32 bits per heavy atom. The van der Waals surface area contributed by atoms with E-state index in [4.69, 9.17) is 38.0 Å². The van der Waals surface area contributed by atoms with Gasteiger partial charge in [-0.3, -0.25) is 32.0 Å². The number of hydrogen-bond acceptors (Lipinski definition) is 17. The second-order valence-corrected chi connectivity index (χ2v) is 13.6. The van der Waals surface area contributed by atoms with Gasteiger partial charge in [0.15, 0.2) is 35.1 Å². The molecule has 10 atom stereocenters. The average Bonchev–Trinajstić information content (AvgIpc) is 3.76. The van der Waals surface area contributed by atoms with Gasteiger partial charge in [0.2, 0.25) is 0 Å². The van der Waals surface area contributed by atoms with Gasteiger partial charge in [0.25, 0.3) is 5.56 Å². The van der Waals surface area contributed by atoms with Crippen LogP contribution in [0.5, 0.6) is 0 Å². The first kappa shape index (κ1) is 32.3. The Labute approximate surface area is 263 Å². The fourth-order valence-electron chi connectivity index (χ4n) is 5.77. The fraction of sp³-hybridized carbons (Fsp3) is 0.565. The molecule has 254 valence electrons. The molecule has 0 spiro atoms. The zero-order valence-electron chi connectivity index (χ0n) is 24.5. The van der Waals surface area contributed by atoms with Gasteiger partial charge in [0.1, 0.15) is 54.3 Å². The quantitative estimate of drug-likeness (QED) is 0.166. The number of nitrogens with zero attached hydrogens (tertiary/aromatic N) is 7. The molecule has 6 N–H and O–H groups in total. The van der Waals surface area contributed by atoms with Crippen molar-refractivity contribution in [3.63, 3.8) is 0 Å². The lowest BCUT2D eigenvalue weighted by atomic mass is 10.1. The molecule has 4 aromatic rings. The van der Waals surface area contributed by atoms with E-state index in [1.165, 1.54) is 28.1 Å². The van der Waals surface area contributed by atoms with E-state index in [0.29, 0.717) is 0 Å². The van der Waals surface area contributed by atoms with E-state index < -0.39 is 83.5 Å². The Hall–Kier alpha value is -3.24. The van der Waals surface area contributed by atoms with Crippen LogP contribution in [-0.4, -0.2) is 110 Å². The third kappa shape index (κ3) is 5.90. The molecule has 7 rings (SSSR count). The van der Waals surface area contributed by atoms with Gasteiger partial charge in [-0.25, -0.2) is 34.0 Å². The molecule has 3 aliphatic rings. The molecule has 0 saturated carbocycles. The summed E-state index contributed by atoms with van der Waals surface area (Å²) in [6.07, 6.45) is -7.54. The van der Waals surface area contributed by atoms with Crippen LogP contribution < -0.4 is 11.3 Å². The molecule has 24 heteroatoms. The summed E-state index contributed by atoms with van der Waals surface area (Å²) < 4.78 is 68.7. The summed E-state index contributed by atoms with van der Waals surface area (Å²) in [5, 5.41) is 11.2. The Kier molecular flexibility index (Phi) is 8.26. The average molecular weight is 701 g/mol. The van der Waals surface area contributed by atoms with E-state index >= 15 is 0 Å². The number of aryl methyl sites for hydroxylation is 1. The van der Waals surface area contributed by atoms with Gasteiger partial charge >= 0.3 is 15.6 Å². The predicted octanol–water partition coefficient (Wildman–Crippen LogP) is -0.571. The van der Waals surface area contributed by atoms with Crippen molar-refractivity contribution in [1.29, 1.82) is 0 Å². The van der Waals surface area contributed by atoms with Crippen molar-refractivity contribution in [2.24, 2.45) is 0 Å². The normalized spacial score (nSPS) is 36.6. The minimum Gasteiger partial charge on any atom is -0.386 e. The Balaban J connectivity index is 1.23. The van der Waals surface area contributed by atoms with Gasteiger partial charge < -0.3 is 39.8 Å². The van der Waals surface area contributed by atoms with E-state index in [2.05, 4.69) is 29.9 Å². The van der Waals surface area contributed by atoms with Crippen LogP contribution in [-0.2, 0) is 41.4 Å². The molecule has 2 bridgehead atoms. The largest absolute Gasteiger partial charge is 0.472 e. The third-order valence-electron chi connectivity index (χ3n) is 7.75. The van der Waals surface area contributed by atoms with E-state index in [1.54, 1.807) is 13.8 Å². The summed E-state index contributed by atoms with van der Waals surface area (Å²) in [7, 11) is -10.0. The molecule has 3 saturated heterocycles. The van der Waals surface area contributed by atoms with E-state index in [0.717, 1.165) is 0 Å².